The molecule has 9 heteroatoms. The second-order valence-electron chi connectivity index (χ2n) is 5.65. The summed E-state index contributed by atoms with van der Waals surface area (Å²) in [7, 11) is 1.24. The average molecular weight is 466 g/mol. The lowest BCUT2D eigenvalue weighted by molar-refractivity contribution is -0.143. The van der Waals surface area contributed by atoms with Crippen LogP contribution in [0, 0.1) is 0 Å². The Bertz CT molecular complexity index is 978. The summed E-state index contributed by atoms with van der Waals surface area (Å²) < 4.78 is 10.5. The van der Waals surface area contributed by atoms with Gasteiger partial charge in [0.05, 0.1) is 17.3 Å². The Kier molecular flexibility index (Phi) is 6.01. The van der Waals surface area contributed by atoms with Crippen LogP contribution < -0.4 is 15.2 Å². The fraction of sp³-hybridized carbons (Fsp3) is 0.105. The van der Waals surface area contributed by atoms with Crippen molar-refractivity contribution >= 4 is 57.1 Å². The summed E-state index contributed by atoms with van der Waals surface area (Å²) in [6.45, 7) is -0.344. The summed E-state index contributed by atoms with van der Waals surface area (Å²) in [6, 6.07) is 11.8. The minimum absolute atomic E-state index is 0.0964. The van der Waals surface area contributed by atoms with Crippen molar-refractivity contribution in [2.24, 2.45) is 0 Å². The maximum absolute atomic E-state index is 12.7. The minimum atomic E-state index is -0.578. The molecule has 0 atom stereocenters. The van der Waals surface area contributed by atoms with Crippen molar-refractivity contribution < 1.29 is 23.9 Å². The molecular weight excluding hydrogens is 452 g/mol. The zero-order valence-corrected chi connectivity index (χ0v) is 16.9. The SMILES string of the molecule is COC(=O)COc1c(Br)cc(Cl)cc1C=C1C(=O)NN(c2ccccc2)C1=O. The molecule has 2 aromatic rings. The Labute approximate surface area is 174 Å². The van der Waals surface area contributed by atoms with Crippen LogP contribution in [-0.2, 0) is 19.1 Å². The third kappa shape index (κ3) is 4.18. The normalized spacial score (nSPS) is 15.0. The van der Waals surface area contributed by atoms with Gasteiger partial charge in [-0.1, -0.05) is 29.8 Å². The molecule has 7 nitrogen and oxygen atoms in total. The van der Waals surface area contributed by atoms with Gasteiger partial charge in [-0.2, -0.15) is 0 Å². The van der Waals surface area contributed by atoms with Crippen LogP contribution in [0.2, 0.25) is 5.02 Å². The molecule has 0 spiro atoms. The van der Waals surface area contributed by atoms with E-state index in [0.29, 0.717) is 20.7 Å². The van der Waals surface area contributed by atoms with Gasteiger partial charge in [-0.15, -0.1) is 0 Å². The average Bonchev–Trinajstić information content (AvgIpc) is 2.96. The molecule has 1 N–H and O–H groups in total. The molecule has 1 aliphatic heterocycles. The lowest BCUT2D eigenvalue weighted by atomic mass is 10.1. The van der Waals surface area contributed by atoms with Crippen molar-refractivity contribution in [3.05, 3.63) is 63.1 Å². The van der Waals surface area contributed by atoms with E-state index in [1.165, 1.54) is 19.3 Å². The predicted octanol–water partition coefficient (Wildman–Crippen LogP) is 3.12. The van der Waals surface area contributed by atoms with E-state index >= 15 is 0 Å². The number of nitrogens with one attached hydrogen (secondary N) is 1. The van der Waals surface area contributed by atoms with E-state index < -0.39 is 17.8 Å². The quantitative estimate of drug-likeness (QED) is 0.417. The number of amides is 2. The summed E-state index contributed by atoms with van der Waals surface area (Å²) in [5.74, 6) is -1.42. The monoisotopic (exact) mass is 464 g/mol. The highest BCUT2D eigenvalue weighted by Gasteiger charge is 2.34. The van der Waals surface area contributed by atoms with Gasteiger partial charge < -0.3 is 9.47 Å². The van der Waals surface area contributed by atoms with E-state index in [4.69, 9.17) is 16.3 Å². The summed E-state index contributed by atoms with van der Waals surface area (Å²) in [5, 5.41) is 1.51. The Morgan fingerprint density at radius 1 is 1.25 bits per heavy atom. The Balaban J connectivity index is 1.97. The topological polar surface area (TPSA) is 84.9 Å². The third-order valence-corrected chi connectivity index (χ3v) is 4.61. The number of esters is 1. The van der Waals surface area contributed by atoms with Crippen molar-refractivity contribution in [3.63, 3.8) is 0 Å². The Morgan fingerprint density at radius 3 is 2.64 bits per heavy atom. The van der Waals surface area contributed by atoms with E-state index in [0.717, 1.165) is 5.01 Å². The summed E-state index contributed by atoms with van der Waals surface area (Å²) in [5.41, 5.74) is 3.30. The molecular formula is C19H14BrClN2O5. The van der Waals surface area contributed by atoms with Gasteiger partial charge in [0, 0.05) is 10.6 Å². The fourth-order valence-electron chi connectivity index (χ4n) is 2.50. The molecule has 1 fully saturated rings. The number of para-hydroxylation sites is 1. The van der Waals surface area contributed by atoms with Gasteiger partial charge >= 0.3 is 5.97 Å². The number of halogens is 2. The molecule has 0 bridgehead atoms. The van der Waals surface area contributed by atoms with Gasteiger partial charge in [-0.05, 0) is 46.3 Å². The van der Waals surface area contributed by atoms with Gasteiger partial charge in [0.25, 0.3) is 11.8 Å². The molecule has 144 valence electrons. The van der Waals surface area contributed by atoms with Gasteiger partial charge in [0.2, 0.25) is 0 Å². The van der Waals surface area contributed by atoms with Crippen LogP contribution in [0.3, 0.4) is 0 Å². The van der Waals surface area contributed by atoms with Crippen LogP contribution in [-0.4, -0.2) is 31.5 Å². The van der Waals surface area contributed by atoms with Crippen LogP contribution in [0.25, 0.3) is 6.08 Å². The summed E-state index contributed by atoms with van der Waals surface area (Å²) >= 11 is 9.40. The van der Waals surface area contributed by atoms with Gasteiger partial charge in [0.15, 0.2) is 6.61 Å². The number of hydrogen-bond donors (Lipinski definition) is 1. The maximum atomic E-state index is 12.7. The van der Waals surface area contributed by atoms with Crippen molar-refractivity contribution in [2.45, 2.75) is 0 Å². The van der Waals surface area contributed by atoms with Gasteiger partial charge in [-0.3, -0.25) is 15.0 Å². The molecule has 0 unspecified atom stereocenters. The first-order chi connectivity index (χ1) is 13.4. The lowest BCUT2D eigenvalue weighted by Crippen LogP contribution is -2.35. The zero-order valence-electron chi connectivity index (χ0n) is 14.6. The molecule has 2 amide bonds. The second kappa shape index (κ2) is 8.45. The molecule has 3 rings (SSSR count). The molecule has 0 radical (unpaired) electrons. The fourth-order valence-corrected chi connectivity index (χ4v) is 3.45. The van der Waals surface area contributed by atoms with E-state index in [-0.39, 0.29) is 17.9 Å². The molecule has 2 aromatic carbocycles. The molecule has 0 aliphatic carbocycles. The Morgan fingerprint density at radius 2 is 1.96 bits per heavy atom. The number of anilines is 1. The van der Waals surface area contributed by atoms with Crippen LogP contribution in [0.1, 0.15) is 5.56 Å². The van der Waals surface area contributed by atoms with Crippen LogP contribution in [0.4, 0.5) is 5.69 Å². The number of carbonyl (C=O) groups excluding carboxylic acids is 3. The predicted molar refractivity (Wildman–Crippen MR) is 107 cm³/mol. The third-order valence-electron chi connectivity index (χ3n) is 3.80. The highest BCUT2D eigenvalue weighted by Crippen LogP contribution is 2.35. The molecule has 28 heavy (non-hydrogen) atoms. The lowest BCUT2D eigenvalue weighted by Gasteiger charge is -2.14. The number of hydrazine groups is 1. The first-order valence-electron chi connectivity index (χ1n) is 8.01. The Hall–Kier alpha value is -2.84. The number of benzene rings is 2. The molecule has 0 saturated carbocycles. The standard InChI is InChI=1S/C19H14BrClN2O5/c1-27-16(24)10-28-17-11(7-12(21)9-15(17)20)8-14-18(25)22-23(19(14)26)13-5-3-2-4-6-13/h2-9H,10H2,1H3,(H,22,25). The van der Waals surface area contributed by atoms with E-state index in [1.807, 2.05) is 0 Å². The van der Waals surface area contributed by atoms with E-state index in [9.17, 15) is 14.4 Å². The van der Waals surface area contributed by atoms with Gasteiger partial charge in [0.1, 0.15) is 11.3 Å². The van der Waals surface area contributed by atoms with E-state index in [1.54, 1.807) is 36.4 Å². The van der Waals surface area contributed by atoms with Crippen LogP contribution in [0.5, 0.6) is 5.75 Å². The highest BCUT2D eigenvalue weighted by atomic mass is 79.9. The van der Waals surface area contributed by atoms with Crippen molar-refractivity contribution in [2.75, 3.05) is 18.7 Å². The minimum Gasteiger partial charge on any atom is -0.480 e. The number of methoxy groups -OCH3 is 1. The maximum Gasteiger partial charge on any atom is 0.343 e. The molecule has 1 heterocycles. The molecule has 0 aromatic heterocycles. The zero-order chi connectivity index (χ0) is 20.3. The summed E-state index contributed by atoms with van der Waals surface area (Å²) in [6.07, 6.45) is 1.36. The number of rotatable bonds is 5. The van der Waals surface area contributed by atoms with Gasteiger partial charge in [-0.25, -0.2) is 9.80 Å². The first-order valence-corrected chi connectivity index (χ1v) is 9.18. The molecule has 1 saturated heterocycles. The van der Waals surface area contributed by atoms with Crippen molar-refractivity contribution in [1.82, 2.24) is 5.43 Å². The number of nitrogens with zero attached hydrogens (tertiary/aromatic N) is 1. The smallest absolute Gasteiger partial charge is 0.343 e. The summed E-state index contributed by atoms with van der Waals surface area (Å²) in [4.78, 5) is 36.5. The number of ether oxygens (including phenoxy) is 2. The largest absolute Gasteiger partial charge is 0.480 e. The second-order valence-corrected chi connectivity index (χ2v) is 6.94. The van der Waals surface area contributed by atoms with Crippen LogP contribution >= 0.6 is 27.5 Å². The number of hydrogen-bond acceptors (Lipinski definition) is 5. The number of carbonyl (C=O) groups is 3. The van der Waals surface area contributed by atoms with Crippen molar-refractivity contribution in [1.29, 1.82) is 0 Å². The van der Waals surface area contributed by atoms with E-state index in [2.05, 4.69) is 26.1 Å². The highest BCUT2D eigenvalue weighted by molar-refractivity contribution is 9.10. The molecule has 1 aliphatic rings. The first kappa shape index (κ1) is 19.9. The van der Waals surface area contributed by atoms with Crippen LogP contribution in [0.15, 0.2) is 52.5 Å². The van der Waals surface area contributed by atoms with Crippen molar-refractivity contribution in [3.8, 4) is 5.75 Å².